The van der Waals surface area contributed by atoms with Crippen molar-refractivity contribution in [2.75, 3.05) is 4.90 Å². The molecular weight excluding hydrogens is 789 g/mol. The fourth-order valence-electron chi connectivity index (χ4n) is 12.9. The van der Waals surface area contributed by atoms with Gasteiger partial charge >= 0.3 is 0 Å². The van der Waals surface area contributed by atoms with Gasteiger partial charge in [-0.25, -0.2) is 9.97 Å². The van der Waals surface area contributed by atoms with Gasteiger partial charge in [0.2, 0.25) is 0 Å². The Morgan fingerprint density at radius 3 is 1.86 bits per heavy atom. The molecule has 8 aromatic rings. The molecule has 0 saturated heterocycles. The minimum atomic E-state index is -0.467. The standard InChI is InChI=1S/C61H42N4/c1-60(2)47-24-10-8-22-44(47)57-56(60)58(45-23-15-28-51-55(45)43-21-7-13-27-50(43)61(51)48-25-11-5-18-40(48)41-19-6-12-26-49(41)61)64-59(63-57)38-30-31-52(39(32-38)35-62)65-53-29-14-9-20-42(53)46-33-36-16-3-4-17-37(36)34-54(46)65/h3-29,32-33,54H,30-31,34H2,1-2H3. The fraction of sp³-hybridized carbons (Fsp3) is 0.131. The second-order valence-electron chi connectivity index (χ2n) is 19.0. The van der Waals surface area contributed by atoms with Crippen LogP contribution in [0.3, 0.4) is 0 Å². The van der Waals surface area contributed by atoms with Crippen molar-refractivity contribution in [3.63, 3.8) is 0 Å². The molecule has 1 atom stereocenters. The van der Waals surface area contributed by atoms with Gasteiger partial charge in [0, 0.05) is 39.1 Å². The lowest BCUT2D eigenvalue weighted by molar-refractivity contribution is 0.657. The fourth-order valence-corrected chi connectivity index (χ4v) is 12.9. The third-order valence-electron chi connectivity index (χ3n) is 15.5. The highest BCUT2D eigenvalue weighted by Crippen LogP contribution is 2.64. The topological polar surface area (TPSA) is 52.8 Å². The number of hydrogen-bond acceptors (Lipinski definition) is 4. The highest BCUT2D eigenvalue weighted by Gasteiger charge is 2.53. The summed E-state index contributed by atoms with van der Waals surface area (Å²) in [6.07, 6.45) is 6.79. The van der Waals surface area contributed by atoms with Crippen molar-refractivity contribution in [2.24, 2.45) is 0 Å². The Balaban J connectivity index is 0.986. The van der Waals surface area contributed by atoms with Crippen LogP contribution < -0.4 is 4.90 Å². The van der Waals surface area contributed by atoms with E-state index in [0.29, 0.717) is 17.8 Å². The van der Waals surface area contributed by atoms with Gasteiger partial charge in [-0.15, -0.1) is 0 Å². The van der Waals surface area contributed by atoms with Gasteiger partial charge in [0.1, 0.15) is 6.07 Å². The number of hydrogen-bond donors (Lipinski definition) is 0. The van der Waals surface area contributed by atoms with Crippen LogP contribution in [-0.4, -0.2) is 16.0 Å². The lowest BCUT2D eigenvalue weighted by Gasteiger charge is -2.34. The average Bonchev–Trinajstić information content (AvgIpc) is 4.03. The van der Waals surface area contributed by atoms with Gasteiger partial charge in [-0.3, -0.25) is 0 Å². The Hall–Kier alpha value is -7.87. The van der Waals surface area contributed by atoms with Crippen molar-refractivity contribution in [1.82, 2.24) is 9.97 Å². The van der Waals surface area contributed by atoms with E-state index in [-0.39, 0.29) is 11.5 Å². The molecule has 7 aromatic carbocycles. The molecule has 0 bridgehead atoms. The summed E-state index contributed by atoms with van der Waals surface area (Å²) >= 11 is 0. The zero-order valence-electron chi connectivity index (χ0n) is 36.2. The summed E-state index contributed by atoms with van der Waals surface area (Å²) in [4.78, 5) is 13.8. The van der Waals surface area contributed by atoms with Crippen LogP contribution in [0, 0.1) is 11.3 Å². The maximum atomic E-state index is 11.1. The molecule has 1 spiro atoms. The van der Waals surface area contributed by atoms with Gasteiger partial charge in [0.05, 0.1) is 28.4 Å². The zero-order chi connectivity index (χ0) is 43.2. The van der Waals surface area contributed by atoms with Crippen molar-refractivity contribution in [1.29, 1.82) is 5.26 Å². The molecule has 1 unspecified atom stereocenters. The van der Waals surface area contributed by atoms with E-state index in [2.05, 4.69) is 201 Å². The van der Waals surface area contributed by atoms with E-state index in [9.17, 15) is 5.26 Å². The molecule has 1 aliphatic heterocycles. The molecule has 6 aliphatic rings. The van der Waals surface area contributed by atoms with Crippen LogP contribution >= 0.6 is 0 Å². The van der Waals surface area contributed by atoms with Crippen LogP contribution in [0.15, 0.2) is 181 Å². The van der Waals surface area contributed by atoms with E-state index in [1.54, 1.807) is 0 Å². The summed E-state index contributed by atoms with van der Waals surface area (Å²) in [6.45, 7) is 4.66. The molecule has 5 aliphatic carbocycles. The molecule has 306 valence electrons. The van der Waals surface area contributed by atoms with Crippen molar-refractivity contribution >= 4 is 22.9 Å². The van der Waals surface area contributed by atoms with Gasteiger partial charge in [0.15, 0.2) is 5.82 Å². The number of aromatic nitrogens is 2. The monoisotopic (exact) mass is 830 g/mol. The molecule has 1 aromatic heterocycles. The van der Waals surface area contributed by atoms with Crippen molar-refractivity contribution in [2.45, 2.75) is 50.0 Å². The number of rotatable bonds is 3. The molecular formula is C61H42N4. The van der Waals surface area contributed by atoms with Crippen molar-refractivity contribution in [3.8, 4) is 50.8 Å². The predicted octanol–water partition coefficient (Wildman–Crippen LogP) is 13.7. The normalized spacial score (nSPS) is 18.0. The number of nitrogens with zero attached hydrogens (tertiary/aromatic N) is 4. The lowest BCUT2D eigenvalue weighted by Crippen LogP contribution is -2.35. The zero-order valence-corrected chi connectivity index (χ0v) is 36.2. The third kappa shape index (κ3) is 4.70. The number of anilines is 1. The van der Waals surface area contributed by atoms with Gasteiger partial charge < -0.3 is 4.90 Å². The Morgan fingerprint density at radius 2 is 1.12 bits per heavy atom. The van der Waals surface area contributed by atoms with E-state index >= 15 is 0 Å². The Bertz CT molecular complexity index is 3550. The van der Waals surface area contributed by atoms with Gasteiger partial charge in [-0.1, -0.05) is 172 Å². The summed E-state index contributed by atoms with van der Waals surface area (Å²) in [5, 5.41) is 11.1. The number of nitriles is 1. The highest BCUT2D eigenvalue weighted by atomic mass is 15.2. The van der Waals surface area contributed by atoms with Crippen LogP contribution in [0.5, 0.6) is 0 Å². The molecule has 2 heterocycles. The Kier molecular flexibility index (Phi) is 7.37. The molecule has 65 heavy (non-hydrogen) atoms. The largest absolute Gasteiger partial charge is 0.335 e. The molecule has 0 saturated carbocycles. The van der Waals surface area contributed by atoms with Crippen molar-refractivity contribution in [3.05, 3.63) is 237 Å². The average molecular weight is 831 g/mol. The quantitative estimate of drug-likeness (QED) is 0.178. The molecule has 4 nitrogen and oxygen atoms in total. The number of benzene rings is 7. The first kappa shape index (κ1) is 36.6. The van der Waals surface area contributed by atoms with Crippen LogP contribution in [0.1, 0.15) is 82.6 Å². The number of para-hydroxylation sites is 1. The van der Waals surface area contributed by atoms with Crippen molar-refractivity contribution < 1.29 is 0 Å². The summed E-state index contributed by atoms with van der Waals surface area (Å²) in [6, 6.07) is 62.9. The van der Waals surface area contributed by atoms with Crippen LogP contribution in [0.2, 0.25) is 0 Å². The molecule has 14 rings (SSSR count). The van der Waals surface area contributed by atoms with Gasteiger partial charge in [-0.05, 0) is 110 Å². The SMILES string of the molecule is CC1(C)c2ccccc2-c2nc(C3=CC(C#N)=C(N4c5ccccc5C5=Cc6ccccc6CC54)CC3)nc(-c3cccc4c3-c3ccccc3C43c4ccccc4-c4ccccc43)c21. The first-order valence-corrected chi connectivity index (χ1v) is 22.9. The Labute approximate surface area is 379 Å². The smallest absolute Gasteiger partial charge is 0.156 e. The minimum Gasteiger partial charge on any atom is -0.335 e. The maximum absolute atomic E-state index is 11.1. The van der Waals surface area contributed by atoms with E-state index in [4.69, 9.17) is 9.97 Å². The Morgan fingerprint density at radius 1 is 0.554 bits per heavy atom. The van der Waals surface area contributed by atoms with E-state index in [0.717, 1.165) is 52.2 Å². The highest BCUT2D eigenvalue weighted by molar-refractivity contribution is 6.02. The van der Waals surface area contributed by atoms with Crippen LogP contribution in [-0.2, 0) is 17.3 Å². The van der Waals surface area contributed by atoms with Crippen LogP contribution in [0.4, 0.5) is 5.69 Å². The lowest BCUT2D eigenvalue weighted by atomic mass is 9.70. The number of allylic oxidation sites excluding steroid dienone is 4. The molecule has 0 N–H and O–H groups in total. The first-order valence-electron chi connectivity index (χ1n) is 22.9. The summed E-state index contributed by atoms with van der Waals surface area (Å²) in [5.41, 5.74) is 25.3. The minimum absolute atomic E-state index is 0.127. The maximum Gasteiger partial charge on any atom is 0.156 e. The summed E-state index contributed by atoms with van der Waals surface area (Å²) in [7, 11) is 0. The van der Waals surface area contributed by atoms with E-state index in [1.807, 2.05) is 0 Å². The van der Waals surface area contributed by atoms with E-state index < -0.39 is 5.41 Å². The van der Waals surface area contributed by atoms with Crippen LogP contribution in [0.25, 0.3) is 62.0 Å². The van der Waals surface area contributed by atoms with E-state index in [1.165, 1.54) is 78.0 Å². The summed E-state index contributed by atoms with van der Waals surface area (Å²) < 4.78 is 0. The second-order valence-corrected chi connectivity index (χ2v) is 19.0. The molecule has 0 fully saturated rings. The predicted molar refractivity (Wildman–Crippen MR) is 262 cm³/mol. The van der Waals surface area contributed by atoms with Gasteiger partial charge in [0.25, 0.3) is 0 Å². The van der Waals surface area contributed by atoms with Gasteiger partial charge in [-0.2, -0.15) is 5.26 Å². The molecule has 0 amide bonds. The second kappa shape index (κ2) is 13.1. The summed E-state index contributed by atoms with van der Waals surface area (Å²) in [5.74, 6) is 0.696. The first-order chi connectivity index (χ1) is 32.0. The molecule has 4 heteroatoms. The number of fused-ring (bicyclic) bond motifs is 17. The molecule has 0 radical (unpaired) electrons. The third-order valence-corrected chi connectivity index (χ3v) is 15.5.